The van der Waals surface area contributed by atoms with Gasteiger partial charge in [0.25, 0.3) is 15.9 Å². The third kappa shape index (κ3) is 9.86. The molecule has 5 aromatic rings. The molecule has 4 N–H and O–H groups in total. The minimum Gasteiger partial charge on any atom is -0.485 e. The first-order valence-electron chi connectivity index (χ1n) is 23.5. The lowest BCUT2D eigenvalue weighted by Gasteiger charge is -2.53. The van der Waals surface area contributed by atoms with Crippen LogP contribution in [0.15, 0.2) is 78.0 Å². The highest BCUT2D eigenvalue weighted by Gasteiger charge is 2.47. The van der Waals surface area contributed by atoms with Gasteiger partial charge in [0.05, 0.1) is 45.2 Å². The van der Waals surface area contributed by atoms with Gasteiger partial charge in [0.15, 0.2) is 5.75 Å². The topological polar surface area (TPSA) is 207 Å². The van der Waals surface area contributed by atoms with Gasteiger partial charge in [-0.05, 0) is 112 Å². The number of nitrogens with one attached hydrogen (secondary N) is 3. The summed E-state index contributed by atoms with van der Waals surface area (Å²) in [7, 11) is -4.75. The number of nitro benzene ring substituents is 1. The van der Waals surface area contributed by atoms with E-state index in [2.05, 4.69) is 63.0 Å². The molecule has 362 valence electrons. The molecule has 4 heterocycles. The Kier molecular flexibility index (Phi) is 13.2. The van der Waals surface area contributed by atoms with Crippen molar-refractivity contribution in [1.82, 2.24) is 20.0 Å². The summed E-state index contributed by atoms with van der Waals surface area (Å²) in [4.78, 5) is 34.3. The maximum atomic E-state index is 14.7. The number of carbonyl (C=O) groups excluding carboxylic acids is 1. The molecule has 16 nitrogen and oxygen atoms in total. The highest BCUT2D eigenvalue weighted by molar-refractivity contribution is 7.90. The number of pyridine rings is 1. The summed E-state index contributed by atoms with van der Waals surface area (Å²) in [5.41, 5.74) is 2.23. The Bertz CT molecular complexity index is 2790. The number of rotatable bonds is 15. The van der Waals surface area contributed by atoms with Gasteiger partial charge >= 0.3 is 5.69 Å². The largest absolute Gasteiger partial charge is 0.485 e. The Labute approximate surface area is 395 Å². The van der Waals surface area contributed by atoms with Gasteiger partial charge in [-0.1, -0.05) is 38.1 Å². The van der Waals surface area contributed by atoms with Crippen molar-refractivity contribution in [2.75, 3.05) is 37.8 Å². The zero-order valence-electron chi connectivity index (χ0n) is 38.8. The Morgan fingerprint density at radius 1 is 1.07 bits per heavy atom. The first-order valence-corrected chi connectivity index (χ1v) is 25.0. The quantitative estimate of drug-likeness (QED) is 0.0572. The number of nitro groups is 1. The number of H-pyrrole nitrogens is 1. The van der Waals surface area contributed by atoms with Crippen LogP contribution in [0.5, 0.6) is 23.0 Å². The predicted molar refractivity (Wildman–Crippen MR) is 253 cm³/mol. The van der Waals surface area contributed by atoms with E-state index in [4.69, 9.17) is 18.9 Å². The number of nitrogens with zero attached hydrogens (tertiary/aromatic N) is 3. The minimum absolute atomic E-state index is 0.00840. The molecule has 0 radical (unpaired) electrons. The zero-order chi connectivity index (χ0) is 48.0. The molecule has 2 atom stereocenters. The summed E-state index contributed by atoms with van der Waals surface area (Å²) in [5.74, 6) is -1.50. The molecule has 3 aromatic carbocycles. The first kappa shape index (κ1) is 47.3. The van der Waals surface area contributed by atoms with Crippen LogP contribution in [0.3, 0.4) is 0 Å². The third-order valence-electron chi connectivity index (χ3n) is 14.4. The Morgan fingerprint density at radius 3 is 2.51 bits per heavy atom. The second-order valence-electron chi connectivity index (χ2n) is 19.5. The van der Waals surface area contributed by atoms with E-state index in [1.165, 1.54) is 35.7 Å². The molecule has 2 aromatic heterocycles. The van der Waals surface area contributed by atoms with Crippen molar-refractivity contribution < 1.29 is 46.6 Å². The number of anilines is 1. The van der Waals surface area contributed by atoms with Crippen molar-refractivity contribution in [2.45, 2.75) is 114 Å². The molecule has 1 amide bonds. The molecule has 9 rings (SSSR count). The van der Waals surface area contributed by atoms with E-state index < -0.39 is 49.0 Å². The van der Waals surface area contributed by atoms with Crippen LogP contribution in [-0.4, -0.2) is 85.0 Å². The van der Waals surface area contributed by atoms with E-state index in [9.17, 15) is 32.8 Å². The number of hydrogen-bond donors (Lipinski definition) is 4. The van der Waals surface area contributed by atoms with E-state index >= 15 is 0 Å². The molecule has 1 saturated heterocycles. The predicted octanol–water partition coefficient (Wildman–Crippen LogP) is 8.84. The van der Waals surface area contributed by atoms with Crippen LogP contribution < -0.4 is 29.1 Å². The molecular weight excluding hydrogens is 896 g/mol. The normalized spacial score (nSPS) is 22.0. The van der Waals surface area contributed by atoms with Gasteiger partial charge in [-0.25, -0.2) is 22.5 Å². The monoisotopic (exact) mass is 954 g/mol. The van der Waals surface area contributed by atoms with Gasteiger partial charge < -0.3 is 39.3 Å². The summed E-state index contributed by atoms with van der Waals surface area (Å²) in [6.45, 7) is 10.9. The number of aromatic nitrogens is 2. The first-order chi connectivity index (χ1) is 32.5. The van der Waals surface area contributed by atoms with Crippen LogP contribution in [0.1, 0.15) is 113 Å². The molecule has 3 fully saturated rings. The van der Waals surface area contributed by atoms with Crippen LogP contribution in [0, 0.1) is 27.3 Å². The fourth-order valence-corrected chi connectivity index (χ4v) is 11.5. The maximum absolute atomic E-state index is 14.7. The zero-order valence-corrected chi connectivity index (χ0v) is 39.6. The van der Waals surface area contributed by atoms with E-state index in [0.29, 0.717) is 56.5 Å². The molecule has 68 heavy (non-hydrogen) atoms. The van der Waals surface area contributed by atoms with Gasteiger partial charge in [0.1, 0.15) is 35.7 Å². The number of amides is 1. The van der Waals surface area contributed by atoms with Gasteiger partial charge in [0.2, 0.25) is 5.75 Å². The van der Waals surface area contributed by atoms with Gasteiger partial charge in [-0.2, -0.15) is 0 Å². The van der Waals surface area contributed by atoms with Gasteiger partial charge in [-0.3, -0.25) is 14.9 Å². The Balaban J connectivity index is 0.917. The minimum atomic E-state index is -4.75. The lowest BCUT2D eigenvalue weighted by atomic mass is 9.60. The number of sulfonamides is 1. The summed E-state index contributed by atoms with van der Waals surface area (Å²) in [6, 6.07) is 17.2. The number of hydrogen-bond acceptors (Lipinski definition) is 13. The highest BCUT2D eigenvalue weighted by Crippen LogP contribution is 2.51. The smallest absolute Gasteiger partial charge is 0.316 e. The second-order valence-corrected chi connectivity index (χ2v) is 21.2. The second kappa shape index (κ2) is 18.9. The molecule has 2 aliphatic heterocycles. The van der Waals surface area contributed by atoms with Gasteiger partial charge in [-0.15, -0.1) is 0 Å². The van der Waals surface area contributed by atoms with Crippen molar-refractivity contribution in [3.63, 3.8) is 0 Å². The molecule has 0 bridgehead atoms. The average molecular weight is 955 g/mol. The number of ether oxygens (including phenoxy) is 4. The van der Waals surface area contributed by atoms with Crippen LogP contribution in [-0.2, 0) is 14.8 Å². The number of benzene rings is 3. The fraction of sp³-hybridized carbons (Fsp3) is 0.480. The Hall–Kier alpha value is -5.82. The van der Waals surface area contributed by atoms with E-state index in [1.54, 1.807) is 19.1 Å². The number of halogens is 1. The summed E-state index contributed by atoms with van der Waals surface area (Å²) >= 11 is 0. The number of aromatic amines is 1. The molecule has 2 aliphatic carbocycles. The van der Waals surface area contributed by atoms with Crippen LogP contribution in [0.25, 0.3) is 11.0 Å². The van der Waals surface area contributed by atoms with Crippen LogP contribution in [0.2, 0.25) is 0 Å². The third-order valence-corrected chi connectivity index (χ3v) is 15.7. The van der Waals surface area contributed by atoms with E-state index in [-0.39, 0.29) is 57.9 Å². The highest BCUT2D eigenvalue weighted by atomic mass is 32.2. The fourth-order valence-electron chi connectivity index (χ4n) is 10.5. The van der Waals surface area contributed by atoms with Crippen molar-refractivity contribution in [2.24, 2.45) is 11.3 Å². The van der Waals surface area contributed by atoms with E-state index in [1.807, 2.05) is 6.92 Å². The molecule has 4 aliphatic rings. The van der Waals surface area contributed by atoms with E-state index in [0.717, 1.165) is 56.6 Å². The molecule has 18 heteroatoms. The van der Waals surface area contributed by atoms with Crippen molar-refractivity contribution in [3.8, 4) is 23.0 Å². The molecular formula is C50H59FN6O10S. The van der Waals surface area contributed by atoms with Crippen LogP contribution in [0.4, 0.5) is 15.8 Å². The lowest BCUT2D eigenvalue weighted by Crippen LogP contribution is -2.54. The standard InChI is InChI=1S/C50H59FN6O10S/c1-5-64-28-41(37-9-7-6-8-36(37)30(2)3)54-32-24-50(25-32)16-18-56(19-17-50)33-10-11-38(43(20-33)66-34-21-39-40(51)27-53-47(39)52-26-34)48(58)55-68(62,63)35-22-42(57(60)61)46-44(23-35)65-29-45(67-46)31-12-14-49(4,59)15-13-31/h6-11,20-23,26-27,30-32,41,45,54,59H,5,12-19,24-25,28-29H2,1-4H3,(H,52,53)(H,55,58)/t31-,41-,45+,49-/m1/s1. The lowest BCUT2D eigenvalue weighted by molar-refractivity contribution is -0.386. The summed E-state index contributed by atoms with van der Waals surface area (Å²) in [6.07, 6.45) is 8.32. The number of fused-ring (bicyclic) bond motifs is 2. The summed E-state index contributed by atoms with van der Waals surface area (Å²) in [5, 5.41) is 26.8. The van der Waals surface area contributed by atoms with Crippen molar-refractivity contribution >= 4 is 38.3 Å². The molecule has 1 spiro atoms. The summed E-state index contributed by atoms with van der Waals surface area (Å²) < 4.78 is 68.8. The van der Waals surface area contributed by atoms with Crippen LogP contribution >= 0.6 is 0 Å². The molecule has 0 unspecified atom stereocenters. The number of aliphatic hydroxyl groups is 1. The number of carbonyl (C=O) groups is 1. The van der Waals surface area contributed by atoms with Crippen molar-refractivity contribution in [1.29, 1.82) is 0 Å². The van der Waals surface area contributed by atoms with Crippen molar-refractivity contribution in [3.05, 3.63) is 106 Å². The average Bonchev–Trinajstić information content (AvgIpc) is 3.68. The SMILES string of the molecule is CCOC[C@@H](NC1CC2(CCN(c3ccc(C(=O)NS(=O)(=O)c4cc5c(c([N+](=O)[O-])c4)O[C@H]([C@H]4CC[C@](C)(O)CC4)CO5)c(Oc4cnc5[nH]cc(F)c5c4)c3)CC2)C1)c1ccccc1C(C)C. The van der Waals surface area contributed by atoms with Gasteiger partial charge in [0, 0.05) is 55.8 Å². The molecule has 2 saturated carbocycles. The number of piperidine rings is 1. The maximum Gasteiger partial charge on any atom is 0.316 e. The Morgan fingerprint density at radius 2 is 1.81 bits per heavy atom.